The van der Waals surface area contributed by atoms with Crippen molar-refractivity contribution in [3.8, 4) is 0 Å². The number of nitrogens with one attached hydrogen (secondary N) is 1. The van der Waals surface area contributed by atoms with Crippen molar-refractivity contribution in [3.63, 3.8) is 0 Å². The van der Waals surface area contributed by atoms with Gasteiger partial charge in [-0.25, -0.2) is 0 Å². The maximum atomic E-state index is 5.64. The number of nitrogens with zero attached hydrogens (tertiary/aromatic N) is 1. The van der Waals surface area contributed by atoms with Crippen molar-refractivity contribution >= 4 is 0 Å². The monoisotopic (exact) mass is 252 g/mol. The molecule has 1 aromatic heterocycles. The Hall–Kier alpha value is -0.800. The first kappa shape index (κ1) is 15.3. The highest BCUT2D eigenvalue weighted by Crippen LogP contribution is 2.15. The Labute approximate surface area is 112 Å². The Bertz CT molecular complexity index is 322. The average molecular weight is 252 g/mol. The van der Waals surface area contributed by atoms with Crippen molar-refractivity contribution in [3.05, 3.63) is 23.7 Å². The summed E-state index contributed by atoms with van der Waals surface area (Å²) in [5, 5.41) is 3.43. The van der Waals surface area contributed by atoms with Crippen LogP contribution in [0.15, 0.2) is 16.7 Å². The molecular weight excluding hydrogens is 224 g/mol. The van der Waals surface area contributed by atoms with Crippen molar-refractivity contribution in [2.45, 2.75) is 59.7 Å². The van der Waals surface area contributed by atoms with Gasteiger partial charge in [0.2, 0.25) is 0 Å². The molecular formula is C15H28N2O. The molecule has 18 heavy (non-hydrogen) atoms. The van der Waals surface area contributed by atoms with Crippen molar-refractivity contribution < 1.29 is 4.42 Å². The van der Waals surface area contributed by atoms with Crippen LogP contribution in [0.25, 0.3) is 0 Å². The predicted octanol–water partition coefficient (Wildman–Crippen LogP) is 3.40. The van der Waals surface area contributed by atoms with Crippen molar-refractivity contribution in [2.24, 2.45) is 0 Å². The molecule has 1 aromatic rings. The first-order valence-corrected chi connectivity index (χ1v) is 7.22. The molecule has 3 nitrogen and oxygen atoms in total. The average Bonchev–Trinajstić information content (AvgIpc) is 2.82. The normalized spacial score (nSPS) is 13.2. The van der Waals surface area contributed by atoms with Crippen LogP contribution in [0.1, 0.15) is 51.9 Å². The van der Waals surface area contributed by atoms with Crippen molar-refractivity contribution in [1.29, 1.82) is 0 Å². The lowest BCUT2D eigenvalue weighted by Gasteiger charge is -2.26. The molecule has 1 heterocycles. The van der Waals surface area contributed by atoms with Crippen molar-refractivity contribution in [1.82, 2.24) is 10.2 Å². The van der Waals surface area contributed by atoms with Gasteiger partial charge in [0.1, 0.15) is 5.76 Å². The van der Waals surface area contributed by atoms with E-state index < -0.39 is 0 Å². The summed E-state index contributed by atoms with van der Waals surface area (Å²) in [5.74, 6) is 1.11. The van der Waals surface area contributed by atoms with E-state index in [1.807, 2.05) is 6.26 Å². The molecule has 1 atom stereocenters. The SMILES string of the molecule is CCCNCc1ccoc1CN(CC)C(C)CC. The maximum Gasteiger partial charge on any atom is 0.122 e. The minimum Gasteiger partial charge on any atom is -0.468 e. The van der Waals surface area contributed by atoms with E-state index in [1.54, 1.807) is 0 Å². The molecule has 0 bridgehead atoms. The maximum absolute atomic E-state index is 5.64. The summed E-state index contributed by atoms with van der Waals surface area (Å²) in [7, 11) is 0. The Balaban J connectivity index is 2.57. The number of hydrogen-bond donors (Lipinski definition) is 1. The van der Waals surface area contributed by atoms with Crippen LogP contribution in [0.2, 0.25) is 0 Å². The zero-order chi connectivity index (χ0) is 13.4. The van der Waals surface area contributed by atoms with Crippen LogP contribution >= 0.6 is 0 Å². The third-order valence-electron chi connectivity index (χ3n) is 3.55. The highest BCUT2D eigenvalue weighted by molar-refractivity contribution is 5.16. The van der Waals surface area contributed by atoms with Gasteiger partial charge < -0.3 is 9.73 Å². The fraction of sp³-hybridized carbons (Fsp3) is 0.733. The third-order valence-corrected chi connectivity index (χ3v) is 3.55. The summed E-state index contributed by atoms with van der Waals surface area (Å²) < 4.78 is 5.64. The van der Waals surface area contributed by atoms with Gasteiger partial charge in [-0.2, -0.15) is 0 Å². The van der Waals surface area contributed by atoms with Crippen LogP contribution in [-0.2, 0) is 13.1 Å². The molecule has 0 spiro atoms. The number of rotatable bonds is 9. The van der Waals surface area contributed by atoms with Crippen molar-refractivity contribution in [2.75, 3.05) is 13.1 Å². The molecule has 0 radical (unpaired) electrons. The smallest absolute Gasteiger partial charge is 0.122 e. The predicted molar refractivity (Wildman–Crippen MR) is 76.5 cm³/mol. The molecule has 0 saturated carbocycles. The zero-order valence-electron chi connectivity index (χ0n) is 12.3. The number of furan rings is 1. The summed E-state index contributed by atoms with van der Waals surface area (Å²) in [4.78, 5) is 2.46. The summed E-state index contributed by atoms with van der Waals surface area (Å²) in [6, 6.07) is 2.69. The zero-order valence-corrected chi connectivity index (χ0v) is 12.3. The first-order chi connectivity index (χ1) is 8.72. The molecule has 0 amide bonds. The van der Waals surface area contributed by atoms with Crippen LogP contribution in [0.4, 0.5) is 0 Å². The second-order valence-electron chi connectivity index (χ2n) is 4.87. The second kappa shape index (κ2) is 8.33. The van der Waals surface area contributed by atoms with Gasteiger partial charge in [0.05, 0.1) is 12.8 Å². The molecule has 0 aliphatic heterocycles. The Morgan fingerprint density at radius 3 is 2.72 bits per heavy atom. The van der Waals surface area contributed by atoms with E-state index in [0.29, 0.717) is 6.04 Å². The van der Waals surface area contributed by atoms with E-state index in [2.05, 4.69) is 44.0 Å². The summed E-state index contributed by atoms with van der Waals surface area (Å²) in [5.41, 5.74) is 1.30. The molecule has 1 rings (SSSR count). The van der Waals surface area contributed by atoms with E-state index in [4.69, 9.17) is 4.42 Å². The Kier molecular flexibility index (Phi) is 7.06. The van der Waals surface area contributed by atoms with Crippen LogP contribution in [0.5, 0.6) is 0 Å². The lowest BCUT2D eigenvalue weighted by Crippen LogP contribution is -2.32. The van der Waals surface area contributed by atoms with Crippen LogP contribution in [-0.4, -0.2) is 24.0 Å². The standard InChI is InChI=1S/C15H28N2O/c1-5-9-16-11-14-8-10-18-15(14)12-17(7-3)13(4)6-2/h8,10,13,16H,5-7,9,11-12H2,1-4H3. The molecule has 1 unspecified atom stereocenters. The Morgan fingerprint density at radius 2 is 2.11 bits per heavy atom. The Morgan fingerprint density at radius 1 is 1.33 bits per heavy atom. The molecule has 0 saturated heterocycles. The molecule has 0 aliphatic rings. The van der Waals surface area contributed by atoms with Gasteiger partial charge in [0.25, 0.3) is 0 Å². The topological polar surface area (TPSA) is 28.4 Å². The first-order valence-electron chi connectivity index (χ1n) is 7.22. The van der Waals surface area contributed by atoms with Gasteiger partial charge in [-0.1, -0.05) is 20.8 Å². The summed E-state index contributed by atoms with van der Waals surface area (Å²) >= 11 is 0. The van der Waals surface area contributed by atoms with E-state index in [-0.39, 0.29) is 0 Å². The van der Waals surface area contributed by atoms with Gasteiger partial charge in [-0.05, 0) is 38.9 Å². The molecule has 1 N–H and O–H groups in total. The van der Waals surface area contributed by atoms with E-state index >= 15 is 0 Å². The lowest BCUT2D eigenvalue weighted by atomic mass is 10.2. The van der Waals surface area contributed by atoms with Gasteiger partial charge in [0, 0.05) is 18.2 Å². The quantitative estimate of drug-likeness (QED) is 0.683. The highest BCUT2D eigenvalue weighted by Gasteiger charge is 2.14. The van der Waals surface area contributed by atoms with Crippen LogP contribution < -0.4 is 5.32 Å². The van der Waals surface area contributed by atoms with E-state index in [1.165, 1.54) is 18.4 Å². The molecule has 3 heteroatoms. The molecule has 0 aliphatic carbocycles. The van der Waals surface area contributed by atoms with Crippen LogP contribution in [0.3, 0.4) is 0 Å². The van der Waals surface area contributed by atoms with Gasteiger partial charge in [-0.3, -0.25) is 4.90 Å². The third kappa shape index (κ3) is 4.46. The highest BCUT2D eigenvalue weighted by atomic mass is 16.3. The minimum absolute atomic E-state index is 0.608. The largest absolute Gasteiger partial charge is 0.468 e. The summed E-state index contributed by atoms with van der Waals surface area (Å²) in [6.07, 6.45) is 4.15. The van der Waals surface area contributed by atoms with Gasteiger partial charge in [-0.15, -0.1) is 0 Å². The van der Waals surface area contributed by atoms with Crippen LogP contribution in [0, 0.1) is 0 Å². The van der Waals surface area contributed by atoms with E-state index in [9.17, 15) is 0 Å². The van der Waals surface area contributed by atoms with Gasteiger partial charge in [0.15, 0.2) is 0 Å². The van der Waals surface area contributed by atoms with E-state index in [0.717, 1.165) is 31.9 Å². The molecule has 0 aromatic carbocycles. The number of hydrogen-bond acceptors (Lipinski definition) is 3. The molecule has 0 fully saturated rings. The fourth-order valence-corrected chi connectivity index (χ4v) is 2.09. The minimum atomic E-state index is 0.608. The summed E-state index contributed by atoms with van der Waals surface area (Å²) in [6.45, 7) is 12.9. The lowest BCUT2D eigenvalue weighted by molar-refractivity contribution is 0.189. The van der Waals surface area contributed by atoms with Gasteiger partial charge >= 0.3 is 0 Å². The molecule has 104 valence electrons. The second-order valence-corrected chi connectivity index (χ2v) is 4.87. The fourth-order valence-electron chi connectivity index (χ4n) is 2.09.